The third kappa shape index (κ3) is 4.60. The summed E-state index contributed by atoms with van der Waals surface area (Å²) >= 11 is 6.01. The van der Waals surface area contributed by atoms with Crippen LogP contribution in [0.15, 0.2) is 0 Å². The summed E-state index contributed by atoms with van der Waals surface area (Å²) in [6.45, 7) is 4.91. The summed E-state index contributed by atoms with van der Waals surface area (Å²) in [7, 11) is -2.89. The molecule has 0 amide bonds. The number of sulfone groups is 1. The van der Waals surface area contributed by atoms with Gasteiger partial charge >= 0.3 is 0 Å². The Bertz CT molecular complexity index is 303. The van der Waals surface area contributed by atoms with Gasteiger partial charge in [-0.05, 0) is 45.6 Å². The molecule has 0 radical (unpaired) electrons. The summed E-state index contributed by atoms with van der Waals surface area (Å²) in [4.78, 5) is 0. The van der Waals surface area contributed by atoms with Crippen molar-refractivity contribution in [2.75, 3.05) is 18.8 Å². The molecule has 2 unspecified atom stereocenters. The molecule has 1 fully saturated rings. The highest BCUT2D eigenvalue weighted by atomic mass is 35.5. The minimum absolute atomic E-state index is 0.238. The number of hydrogen-bond donors (Lipinski definition) is 1. The van der Waals surface area contributed by atoms with E-state index in [-0.39, 0.29) is 11.0 Å². The molecule has 0 saturated heterocycles. The van der Waals surface area contributed by atoms with Crippen molar-refractivity contribution >= 4 is 21.4 Å². The third-order valence-electron chi connectivity index (χ3n) is 3.19. The van der Waals surface area contributed by atoms with Crippen molar-refractivity contribution in [3.8, 4) is 0 Å². The van der Waals surface area contributed by atoms with Crippen LogP contribution in [0.25, 0.3) is 0 Å². The molecular weight excluding hydrogens is 246 g/mol. The molecule has 0 bridgehead atoms. The maximum atomic E-state index is 11.5. The predicted molar refractivity (Wildman–Crippen MR) is 68.8 cm³/mol. The quantitative estimate of drug-likeness (QED) is 0.590. The van der Waals surface area contributed by atoms with E-state index in [1.165, 1.54) is 0 Å². The first-order valence-corrected chi connectivity index (χ1v) is 8.13. The Labute approximate surface area is 104 Å². The summed E-state index contributed by atoms with van der Waals surface area (Å²) < 4.78 is 23.0. The highest BCUT2D eigenvalue weighted by molar-refractivity contribution is 7.92. The highest BCUT2D eigenvalue weighted by Crippen LogP contribution is 2.28. The molecule has 2 atom stereocenters. The maximum Gasteiger partial charge on any atom is 0.153 e. The number of rotatable bonds is 6. The molecule has 1 rings (SSSR count). The Morgan fingerprint density at radius 2 is 2.06 bits per heavy atom. The van der Waals surface area contributed by atoms with Crippen LogP contribution in [0.4, 0.5) is 0 Å². The van der Waals surface area contributed by atoms with Gasteiger partial charge < -0.3 is 5.32 Å². The lowest BCUT2D eigenvalue weighted by Gasteiger charge is -2.12. The smallest absolute Gasteiger partial charge is 0.153 e. The first-order chi connectivity index (χ1) is 7.42. The lowest BCUT2D eigenvalue weighted by Crippen LogP contribution is -2.30. The molecule has 0 spiro atoms. The van der Waals surface area contributed by atoms with Crippen molar-refractivity contribution < 1.29 is 8.42 Å². The third-order valence-corrected chi connectivity index (χ3v) is 5.80. The van der Waals surface area contributed by atoms with Gasteiger partial charge in [0.15, 0.2) is 9.84 Å². The van der Waals surface area contributed by atoms with E-state index >= 15 is 0 Å². The van der Waals surface area contributed by atoms with Crippen LogP contribution in [0, 0.1) is 5.92 Å². The average Bonchev–Trinajstić information content (AvgIpc) is 2.59. The molecule has 0 aromatic rings. The van der Waals surface area contributed by atoms with Crippen molar-refractivity contribution in [3.63, 3.8) is 0 Å². The molecule has 5 heteroatoms. The number of hydrogen-bond acceptors (Lipinski definition) is 3. The Morgan fingerprint density at radius 1 is 1.38 bits per heavy atom. The molecule has 1 saturated carbocycles. The topological polar surface area (TPSA) is 46.2 Å². The average molecular weight is 268 g/mol. The molecule has 3 nitrogen and oxygen atoms in total. The van der Waals surface area contributed by atoms with Gasteiger partial charge in [0.05, 0.1) is 11.0 Å². The maximum absolute atomic E-state index is 11.5. The van der Waals surface area contributed by atoms with Crippen molar-refractivity contribution in [3.05, 3.63) is 0 Å². The van der Waals surface area contributed by atoms with E-state index in [9.17, 15) is 8.42 Å². The van der Waals surface area contributed by atoms with Crippen LogP contribution in [0.3, 0.4) is 0 Å². The fourth-order valence-corrected chi connectivity index (χ4v) is 3.23. The zero-order chi connectivity index (χ0) is 12.2. The fraction of sp³-hybridized carbons (Fsp3) is 1.00. The van der Waals surface area contributed by atoms with Crippen molar-refractivity contribution in [1.29, 1.82) is 0 Å². The molecule has 16 heavy (non-hydrogen) atoms. The van der Waals surface area contributed by atoms with Gasteiger partial charge in [-0.2, -0.15) is 0 Å². The number of nitrogens with one attached hydrogen (secondary N) is 1. The van der Waals surface area contributed by atoms with Gasteiger partial charge in [-0.25, -0.2) is 8.42 Å². The van der Waals surface area contributed by atoms with Crippen LogP contribution in [-0.2, 0) is 9.84 Å². The standard InChI is InChI=1S/C11H22ClNO2S/c1-9(2)16(14,15)6-5-13-8-10-3-4-11(12)7-10/h9-11,13H,3-8H2,1-2H3. The van der Waals surface area contributed by atoms with Gasteiger partial charge in [0.1, 0.15) is 0 Å². The molecule has 0 aromatic heterocycles. The van der Waals surface area contributed by atoms with Gasteiger partial charge in [0.25, 0.3) is 0 Å². The summed E-state index contributed by atoms with van der Waals surface area (Å²) in [6.07, 6.45) is 3.32. The molecular formula is C11H22ClNO2S. The van der Waals surface area contributed by atoms with Crippen molar-refractivity contribution in [2.45, 2.75) is 43.7 Å². The van der Waals surface area contributed by atoms with E-state index in [0.29, 0.717) is 17.8 Å². The van der Waals surface area contributed by atoms with E-state index in [1.54, 1.807) is 13.8 Å². The van der Waals surface area contributed by atoms with Crippen LogP contribution < -0.4 is 5.32 Å². The second-order valence-corrected chi connectivity index (χ2v) is 8.19. The monoisotopic (exact) mass is 267 g/mol. The SMILES string of the molecule is CC(C)S(=O)(=O)CCNCC1CCC(Cl)C1. The summed E-state index contributed by atoms with van der Waals surface area (Å²) in [6, 6.07) is 0. The molecule has 0 heterocycles. The predicted octanol–water partition coefficient (Wildman–Crippen LogP) is 1.81. The van der Waals surface area contributed by atoms with Crippen LogP contribution in [0.2, 0.25) is 0 Å². The Morgan fingerprint density at radius 3 is 2.56 bits per heavy atom. The molecule has 0 aliphatic heterocycles. The lowest BCUT2D eigenvalue weighted by molar-refractivity contribution is 0.497. The zero-order valence-corrected chi connectivity index (χ0v) is 11.6. The van der Waals surface area contributed by atoms with Gasteiger partial charge in [-0.3, -0.25) is 0 Å². The molecule has 1 N–H and O–H groups in total. The van der Waals surface area contributed by atoms with Crippen LogP contribution in [0.5, 0.6) is 0 Å². The minimum Gasteiger partial charge on any atom is -0.315 e. The van der Waals surface area contributed by atoms with Crippen molar-refractivity contribution in [1.82, 2.24) is 5.32 Å². The number of alkyl halides is 1. The zero-order valence-electron chi connectivity index (χ0n) is 10.1. The van der Waals surface area contributed by atoms with E-state index in [4.69, 9.17) is 11.6 Å². The minimum atomic E-state index is -2.89. The van der Waals surface area contributed by atoms with E-state index in [2.05, 4.69) is 5.32 Å². The van der Waals surface area contributed by atoms with Gasteiger partial charge in [-0.15, -0.1) is 11.6 Å². The van der Waals surface area contributed by atoms with Gasteiger partial charge in [0, 0.05) is 11.9 Å². The Kier molecular flexibility index (Phi) is 5.54. The van der Waals surface area contributed by atoms with Crippen molar-refractivity contribution in [2.24, 2.45) is 5.92 Å². The fourth-order valence-electron chi connectivity index (χ4n) is 1.96. The van der Waals surface area contributed by atoms with E-state index in [0.717, 1.165) is 25.8 Å². The van der Waals surface area contributed by atoms with E-state index < -0.39 is 9.84 Å². The molecule has 96 valence electrons. The second kappa shape index (κ2) is 6.22. The van der Waals surface area contributed by atoms with Crippen LogP contribution in [-0.4, -0.2) is 37.9 Å². The molecule has 1 aliphatic carbocycles. The highest BCUT2D eigenvalue weighted by Gasteiger charge is 2.22. The lowest BCUT2D eigenvalue weighted by atomic mass is 10.1. The van der Waals surface area contributed by atoms with Crippen LogP contribution >= 0.6 is 11.6 Å². The van der Waals surface area contributed by atoms with Gasteiger partial charge in [-0.1, -0.05) is 0 Å². The summed E-state index contributed by atoms with van der Waals surface area (Å²) in [5.41, 5.74) is 0. The molecule has 1 aliphatic rings. The van der Waals surface area contributed by atoms with E-state index in [1.807, 2.05) is 0 Å². The normalized spacial score (nSPS) is 26.5. The summed E-state index contributed by atoms with van der Waals surface area (Å²) in [5.74, 6) is 0.867. The van der Waals surface area contributed by atoms with Crippen LogP contribution in [0.1, 0.15) is 33.1 Å². The summed E-state index contributed by atoms with van der Waals surface area (Å²) in [5, 5.41) is 3.28. The Balaban J connectivity index is 2.13. The molecule has 0 aromatic carbocycles. The Hall–Kier alpha value is 0.200. The largest absolute Gasteiger partial charge is 0.315 e. The van der Waals surface area contributed by atoms with Gasteiger partial charge in [0.2, 0.25) is 0 Å². The second-order valence-electron chi connectivity index (χ2n) is 4.90. The first kappa shape index (κ1) is 14.3. The first-order valence-electron chi connectivity index (χ1n) is 5.98. The number of halogens is 1.